The van der Waals surface area contributed by atoms with E-state index in [9.17, 15) is 5.11 Å². The van der Waals surface area contributed by atoms with E-state index in [1.54, 1.807) is 11.3 Å². The van der Waals surface area contributed by atoms with Crippen molar-refractivity contribution < 1.29 is 9.84 Å². The second-order valence-corrected chi connectivity index (χ2v) is 5.86. The number of fused-ring (bicyclic) bond motifs is 1. The first kappa shape index (κ1) is 11.3. The fraction of sp³-hybridized carbons (Fsp3) is 0.231. The highest BCUT2D eigenvalue weighted by molar-refractivity contribution is 9.10. The summed E-state index contributed by atoms with van der Waals surface area (Å²) < 4.78 is 6.62. The van der Waals surface area contributed by atoms with Gasteiger partial charge in [-0.3, -0.25) is 0 Å². The molecule has 1 N–H and O–H groups in total. The molecule has 3 rings (SSSR count). The first-order valence-electron chi connectivity index (χ1n) is 5.42. The van der Waals surface area contributed by atoms with Gasteiger partial charge in [-0.05, 0) is 27.6 Å². The number of aliphatic hydroxyl groups excluding tert-OH is 1. The minimum absolute atomic E-state index is 0.598. The molecular formula is C13H11BrO2S. The minimum atomic E-state index is -0.598. The lowest BCUT2D eigenvalue weighted by Gasteiger charge is -2.13. The zero-order valence-corrected chi connectivity index (χ0v) is 11.4. The largest absolute Gasteiger partial charge is 0.493 e. The highest BCUT2D eigenvalue weighted by Gasteiger charge is 2.22. The Kier molecular flexibility index (Phi) is 2.94. The summed E-state index contributed by atoms with van der Waals surface area (Å²) in [5.74, 6) is 0.865. The first-order valence-corrected chi connectivity index (χ1v) is 7.09. The number of thiophene rings is 1. The lowest BCUT2D eigenvalue weighted by molar-refractivity contribution is 0.217. The molecule has 0 radical (unpaired) electrons. The average molecular weight is 311 g/mol. The SMILES string of the molecule is OC(c1cc(Br)cs1)c1cccc2c1OCC2. The van der Waals surface area contributed by atoms with Gasteiger partial charge in [-0.2, -0.15) is 0 Å². The Morgan fingerprint density at radius 2 is 2.29 bits per heavy atom. The molecule has 1 aliphatic heterocycles. The molecule has 1 aromatic heterocycles. The van der Waals surface area contributed by atoms with Crippen molar-refractivity contribution in [2.75, 3.05) is 6.61 Å². The van der Waals surface area contributed by atoms with Crippen LogP contribution in [-0.4, -0.2) is 11.7 Å². The van der Waals surface area contributed by atoms with Crippen molar-refractivity contribution in [2.24, 2.45) is 0 Å². The minimum Gasteiger partial charge on any atom is -0.493 e. The van der Waals surface area contributed by atoms with Crippen LogP contribution in [0, 0.1) is 0 Å². The number of para-hydroxylation sites is 1. The van der Waals surface area contributed by atoms with Crippen LogP contribution in [0.4, 0.5) is 0 Å². The number of halogens is 1. The van der Waals surface area contributed by atoms with Crippen LogP contribution in [0.25, 0.3) is 0 Å². The predicted octanol–water partition coefficient (Wildman–Crippen LogP) is 3.53. The quantitative estimate of drug-likeness (QED) is 0.919. The van der Waals surface area contributed by atoms with Crippen LogP contribution in [0.1, 0.15) is 22.1 Å². The van der Waals surface area contributed by atoms with Gasteiger partial charge in [-0.25, -0.2) is 0 Å². The fourth-order valence-corrected chi connectivity index (χ4v) is 3.53. The van der Waals surface area contributed by atoms with Crippen LogP contribution in [0.5, 0.6) is 5.75 Å². The van der Waals surface area contributed by atoms with Crippen molar-refractivity contribution in [1.82, 2.24) is 0 Å². The fourth-order valence-electron chi connectivity index (χ4n) is 2.08. The number of ether oxygens (including phenoxy) is 1. The van der Waals surface area contributed by atoms with Gasteiger partial charge in [0, 0.05) is 26.7 Å². The summed E-state index contributed by atoms with van der Waals surface area (Å²) in [5.41, 5.74) is 2.06. The van der Waals surface area contributed by atoms with Crippen LogP contribution in [0.3, 0.4) is 0 Å². The van der Waals surface area contributed by atoms with E-state index in [0.29, 0.717) is 6.61 Å². The van der Waals surface area contributed by atoms with Crippen LogP contribution in [0.15, 0.2) is 34.1 Å². The third-order valence-electron chi connectivity index (χ3n) is 2.90. The summed E-state index contributed by atoms with van der Waals surface area (Å²) in [4.78, 5) is 0.931. The second-order valence-electron chi connectivity index (χ2n) is 4.00. The lowest BCUT2D eigenvalue weighted by Crippen LogP contribution is -2.00. The van der Waals surface area contributed by atoms with E-state index in [0.717, 1.165) is 27.1 Å². The predicted molar refractivity (Wildman–Crippen MR) is 71.7 cm³/mol. The normalized spacial score (nSPS) is 15.4. The van der Waals surface area contributed by atoms with Gasteiger partial charge in [0.25, 0.3) is 0 Å². The molecule has 0 spiro atoms. The lowest BCUT2D eigenvalue weighted by atomic mass is 10.0. The zero-order valence-electron chi connectivity index (χ0n) is 9.02. The second kappa shape index (κ2) is 4.44. The molecule has 0 fully saturated rings. The third-order valence-corrected chi connectivity index (χ3v) is 4.64. The molecule has 0 amide bonds. The zero-order chi connectivity index (χ0) is 11.8. The van der Waals surface area contributed by atoms with E-state index >= 15 is 0 Å². The van der Waals surface area contributed by atoms with E-state index in [1.165, 1.54) is 5.56 Å². The number of aliphatic hydroxyl groups is 1. The number of benzene rings is 1. The van der Waals surface area contributed by atoms with Crippen molar-refractivity contribution in [3.05, 3.63) is 50.1 Å². The van der Waals surface area contributed by atoms with Gasteiger partial charge in [-0.1, -0.05) is 18.2 Å². The maximum Gasteiger partial charge on any atom is 0.128 e. The summed E-state index contributed by atoms with van der Waals surface area (Å²) >= 11 is 4.95. The summed E-state index contributed by atoms with van der Waals surface area (Å²) in [5, 5.41) is 12.4. The van der Waals surface area contributed by atoms with Gasteiger partial charge in [0.15, 0.2) is 0 Å². The Labute approximate surface area is 112 Å². The molecule has 1 atom stereocenters. The van der Waals surface area contributed by atoms with Gasteiger partial charge in [0.1, 0.15) is 11.9 Å². The molecule has 2 nitrogen and oxygen atoms in total. The molecule has 2 heterocycles. The molecule has 1 unspecified atom stereocenters. The van der Waals surface area contributed by atoms with Gasteiger partial charge < -0.3 is 9.84 Å². The molecule has 0 aliphatic carbocycles. The monoisotopic (exact) mass is 310 g/mol. The molecule has 88 valence electrons. The Balaban J connectivity index is 2.02. The highest BCUT2D eigenvalue weighted by atomic mass is 79.9. The standard InChI is InChI=1S/C13H11BrO2S/c14-9-6-11(17-7-9)12(15)10-3-1-2-8-4-5-16-13(8)10/h1-3,6-7,12,15H,4-5H2. The van der Waals surface area contributed by atoms with Crippen LogP contribution < -0.4 is 4.74 Å². The molecule has 0 saturated carbocycles. The molecule has 0 saturated heterocycles. The summed E-state index contributed by atoms with van der Waals surface area (Å²) in [6, 6.07) is 7.92. The molecule has 4 heteroatoms. The maximum absolute atomic E-state index is 10.4. The van der Waals surface area contributed by atoms with Crippen LogP contribution in [0.2, 0.25) is 0 Å². The third kappa shape index (κ3) is 2.01. The Morgan fingerprint density at radius 1 is 1.41 bits per heavy atom. The van der Waals surface area contributed by atoms with Crippen molar-refractivity contribution in [3.8, 4) is 5.75 Å². The van der Waals surface area contributed by atoms with Gasteiger partial charge in [0.05, 0.1) is 6.61 Å². The molecule has 1 aromatic carbocycles. The number of hydrogen-bond donors (Lipinski definition) is 1. The summed E-state index contributed by atoms with van der Waals surface area (Å²) in [7, 11) is 0. The Morgan fingerprint density at radius 3 is 3.06 bits per heavy atom. The van der Waals surface area contributed by atoms with E-state index in [2.05, 4.69) is 22.0 Å². The van der Waals surface area contributed by atoms with E-state index < -0.39 is 6.10 Å². The van der Waals surface area contributed by atoms with Crippen molar-refractivity contribution >= 4 is 27.3 Å². The van der Waals surface area contributed by atoms with Crippen LogP contribution >= 0.6 is 27.3 Å². The summed E-state index contributed by atoms with van der Waals surface area (Å²) in [6.45, 7) is 0.715. The number of rotatable bonds is 2. The van der Waals surface area contributed by atoms with Gasteiger partial charge >= 0.3 is 0 Å². The first-order chi connectivity index (χ1) is 8.25. The van der Waals surface area contributed by atoms with Crippen molar-refractivity contribution in [2.45, 2.75) is 12.5 Å². The van der Waals surface area contributed by atoms with Crippen molar-refractivity contribution in [1.29, 1.82) is 0 Å². The van der Waals surface area contributed by atoms with E-state index in [1.807, 2.05) is 23.6 Å². The topological polar surface area (TPSA) is 29.5 Å². The molecule has 17 heavy (non-hydrogen) atoms. The molecular weight excluding hydrogens is 300 g/mol. The highest BCUT2D eigenvalue weighted by Crippen LogP contribution is 2.38. The number of hydrogen-bond acceptors (Lipinski definition) is 3. The van der Waals surface area contributed by atoms with Crippen LogP contribution in [-0.2, 0) is 6.42 Å². The smallest absolute Gasteiger partial charge is 0.128 e. The molecule has 0 bridgehead atoms. The van der Waals surface area contributed by atoms with E-state index in [4.69, 9.17) is 4.74 Å². The van der Waals surface area contributed by atoms with E-state index in [-0.39, 0.29) is 0 Å². The summed E-state index contributed by atoms with van der Waals surface area (Å²) in [6.07, 6.45) is 0.337. The Bertz CT molecular complexity index is 550. The van der Waals surface area contributed by atoms with Gasteiger partial charge in [0.2, 0.25) is 0 Å². The molecule has 2 aromatic rings. The van der Waals surface area contributed by atoms with Crippen molar-refractivity contribution in [3.63, 3.8) is 0 Å². The molecule has 1 aliphatic rings. The van der Waals surface area contributed by atoms with Gasteiger partial charge in [-0.15, -0.1) is 11.3 Å². The maximum atomic E-state index is 10.4. The average Bonchev–Trinajstić information content (AvgIpc) is 2.95. The Hall–Kier alpha value is -0.840.